The predicted octanol–water partition coefficient (Wildman–Crippen LogP) is 1.05. The highest BCUT2D eigenvalue weighted by Gasteiger charge is 2.31. The molecule has 2 aliphatic rings. The molecule has 2 heterocycles. The largest absolute Gasteiger partial charge is 0.341 e. The molecule has 1 aromatic carbocycles. The number of nitrogens with one attached hydrogen (secondary N) is 1. The molecule has 0 unspecified atom stereocenters. The van der Waals surface area contributed by atoms with Crippen LogP contribution in [-0.2, 0) is 14.8 Å². The maximum absolute atomic E-state index is 13.0. The molecule has 2 aliphatic heterocycles. The van der Waals surface area contributed by atoms with Crippen LogP contribution < -0.4 is 5.32 Å². The number of halogens is 1. The molecule has 2 fully saturated rings. The number of rotatable bonds is 3. The van der Waals surface area contributed by atoms with Crippen LogP contribution in [0, 0.1) is 11.7 Å². The van der Waals surface area contributed by atoms with Crippen molar-refractivity contribution in [3.63, 3.8) is 0 Å². The number of sulfonamides is 1. The quantitative estimate of drug-likeness (QED) is 0.865. The molecule has 1 N–H and O–H groups in total. The molecular weight excluding hydrogens is 345 g/mol. The van der Waals surface area contributed by atoms with E-state index in [9.17, 15) is 17.6 Å². The molecular formula is C17H24FN3O3S. The summed E-state index contributed by atoms with van der Waals surface area (Å²) in [7, 11) is -3.66. The minimum Gasteiger partial charge on any atom is -0.341 e. The molecule has 0 aliphatic carbocycles. The lowest BCUT2D eigenvalue weighted by Gasteiger charge is -2.28. The van der Waals surface area contributed by atoms with Gasteiger partial charge in [0.1, 0.15) is 5.82 Å². The molecule has 0 saturated carbocycles. The topological polar surface area (TPSA) is 69.7 Å². The molecule has 8 heteroatoms. The Hall–Kier alpha value is -1.51. The lowest BCUT2D eigenvalue weighted by molar-refractivity contribution is -0.136. The number of amides is 1. The summed E-state index contributed by atoms with van der Waals surface area (Å²) < 4.78 is 39.9. The number of nitrogens with zero attached hydrogens (tertiary/aromatic N) is 2. The van der Waals surface area contributed by atoms with Crippen LogP contribution in [0.25, 0.3) is 0 Å². The third-order valence-corrected chi connectivity index (χ3v) is 6.82. The van der Waals surface area contributed by atoms with Gasteiger partial charge in [-0.2, -0.15) is 4.31 Å². The highest BCUT2D eigenvalue weighted by Crippen LogP contribution is 2.20. The van der Waals surface area contributed by atoms with Gasteiger partial charge in [0.2, 0.25) is 15.9 Å². The van der Waals surface area contributed by atoms with E-state index < -0.39 is 15.8 Å². The molecule has 0 radical (unpaired) electrons. The zero-order valence-electron chi connectivity index (χ0n) is 14.2. The molecule has 6 nitrogen and oxygen atoms in total. The van der Waals surface area contributed by atoms with E-state index in [1.807, 2.05) is 0 Å². The maximum Gasteiger partial charge on any atom is 0.243 e. The van der Waals surface area contributed by atoms with Crippen LogP contribution in [0.4, 0.5) is 4.39 Å². The van der Waals surface area contributed by atoms with Gasteiger partial charge in [-0.25, -0.2) is 12.8 Å². The van der Waals surface area contributed by atoms with Crippen molar-refractivity contribution < 1.29 is 17.6 Å². The molecule has 1 amide bonds. The summed E-state index contributed by atoms with van der Waals surface area (Å²) in [5.41, 5.74) is 0. The van der Waals surface area contributed by atoms with Gasteiger partial charge in [-0.15, -0.1) is 0 Å². The van der Waals surface area contributed by atoms with Gasteiger partial charge in [-0.3, -0.25) is 4.79 Å². The van der Waals surface area contributed by atoms with Gasteiger partial charge >= 0.3 is 0 Å². The van der Waals surface area contributed by atoms with Gasteiger partial charge in [-0.1, -0.05) is 0 Å². The third kappa shape index (κ3) is 4.19. The Morgan fingerprint density at radius 3 is 2.40 bits per heavy atom. The SMILES string of the molecule is O=C(C1CCNCC1)N1CCCN(S(=O)(=O)c2ccc(F)cc2)CC1. The number of piperidine rings is 1. The van der Waals surface area contributed by atoms with Crippen molar-refractivity contribution in [1.29, 1.82) is 0 Å². The number of hydrogen-bond donors (Lipinski definition) is 1. The lowest BCUT2D eigenvalue weighted by Crippen LogP contribution is -2.43. The van der Waals surface area contributed by atoms with Gasteiger partial charge in [-0.05, 0) is 56.6 Å². The Labute approximate surface area is 148 Å². The minimum absolute atomic E-state index is 0.0431. The standard InChI is InChI=1S/C17H24FN3O3S/c18-15-2-4-16(5-3-15)25(23,24)21-11-1-10-20(12-13-21)17(22)14-6-8-19-9-7-14/h2-5,14,19H,1,6-13H2. The van der Waals surface area contributed by atoms with Crippen molar-refractivity contribution in [1.82, 2.24) is 14.5 Å². The van der Waals surface area contributed by atoms with Gasteiger partial charge in [0.25, 0.3) is 0 Å². The van der Waals surface area contributed by atoms with Crippen LogP contribution >= 0.6 is 0 Å². The zero-order valence-corrected chi connectivity index (χ0v) is 15.0. The Morgan fingerprint density at radius 2 is 1.72 bits per heavy atom. The monoisotopic (exact) mass is 369 g/mol. The molecule has 3 rings (SSSR count). The van der Waals surface area contributed by atoms with Crippen molar-refractivity contribution in [2.24, 2.45) is 5.92 Å². The normalized spacial score (nSPS) is 21.1. The molecule has 25 heavy (non-hydrogen) atoms. The van der Waals surface area contributed by atoms with E-state index in [0.29, 0.717) is 26.1 Å². The van der Waals surface area contributed by atoms with Gasteiger partial charge in [0, 0.05) is 32.1 Å². The Morgan fingerprint density at radius 1 is 1.04 bits per heavy atom. The number of benzene rings is 1. The first-order chi connectivity index (χ1) is 12.0. The van der Waals surface area contributed by atoms with Crippen molar-refractivity contribution in [3.05, 3.63) is 30.1 Å². The first-order valence-corrected chi connectivity index (χ1v) is 10.2. The maximum atomic E-state index is 13.0. The fourth-order valence-corrected chi connectivity index (χ4v) is 4.91. The number of hydrogen-bond acceptors (Lipinski definition) is 4. The van der Waals surface area contributed by atoms with Crippen molar-refractivity contribution >= 4 is 15.9 Å². The van der Waals surface area contributed by atoms with Gasteiger partial charge < -0.3 is 10.2 Å². The summed E-state index contributed by atoms with van der Waals surface area (Å²) in [6.45, 7) is 3.35. The second-order valence-electron chi connectivity index (χ2n) is 6.56. The molecule has 138 valence electrons. The van der Waals surface area contributed by atoms with Crippen molar-refractivity contribution in [2.45, 2.75) is 24.2 Å². The van der Waals surface area contributed by atoms with E-state index in [4.69, 9.17) is 0 Å². The van der Waals surface area contributed by atoms with E-state index in [1.54, 1.807) is 4.90 Å². The van der Waals surface area contributed by atoms with E-state index in [1.165, 1.54) is 16.4 Å². The average Bonchev–Trinajstić information content (AvgIpc) is 2.89. The zero-order chi connectivity index (χ0) is 17.9. The van der Waals surface area contributed by atoms with E-state index >= 15 is 0 Å². The number of carbonyl (C=O) groups is 1. The molecule has 0 spiro atoms. The second kappa shape index (κ2) is 7.80. The Bertz CT molecular complexity index is 702. The predicted molar refractivity (Wildman–Crippen MR) is 91.9 cm³/mol. The minimum atomic E-state index is -3.66. The summed E-state index contributed by atoms with van der Waals surface area (Å²) >= 11 is 0. The molecule has 0 aromatic heterocycles. The first kappa shape index (κ1) is 18.3. The third-order valence-electron chi connectivity index (χ3n) is 4.91. The summed E-state index contributed by atoms with van der Waals surface area (Å²) in [4.78, 5) is 14.5. The van der Waals surface area contributed by atoms with Crippen LogP contribution in [0.1, 0.15) is 19.3 Å². The summed E-state index contributed by atoms with van der Waals surface area (Å²) in [5.74, 6) is -0.280. The molecule has 0 atom stereocenters. The fourth-order valence-electron chi connectivity index (χ4n) is 3.44. The molecule has 1 aromatic rings. The van der Waals surface area contributed by atoms with E-state index in [-0.39, 0.29) is 23.3 Å². The summed E-state index contributed by atoms with van der Waals surface area (Å²) in [6.07, 6.45) is 2.29. The van der Waals surface area contributed by atoms with Gasteiger partial charge in [0.05, 0.1) is 4.90 Å². The van der Waals surface area contributed by atoms with Crippen LogP contribution in [-0.4, -0.2) is 62.8 Å². The van der Waals surface area contributed by atoms with Crippen LogP contribution in [0.2, 0.25) is 0 Å². The van der Waals surface area contributed by atoms with Crippen molar-refractivity contribution in [2.75, 3.05) is 39.3 Å². The Kier molecular flexibility index (Phi) is 5.71. The van der Waals surface area contributed by atoms with Crippen LogP contribution in [0.15, 0.2) is 29.2 Å². The second-order valence-corrected chi connectivity index (χ2v) is 8.50. The summed E-state index contributed by atoms with van der Waals surface area (Å²) in [6, 6.07) is 4.87. The highest BCUT2D eigenvalue weighted by molar-refractivity contribution is 7.89. The average molecular weight is 369 g/mol. The van der Waals surface area contributed by atoms with E-state index in [2.05, 4.69) is 5.32 Å². The van der Waals surface area contributed by atoms with Crippen molar-refractivity contribution in [3.8, 4) is 0 Å². The van der Waals surface area contributed by atoms with Crippen LogP contribution in [0.3, 0.4) is 0 Å². The van der Waals surface area contributed by atoms with Crippen LogP contribution in [0.5, 0.6) is 0 Å². The lowest BCUT2D eigenvalue weighted by atomic mass is 9.96. The smallest absolute Gasteiger partial charge is 0.243 e. The molecule has 2 saturated heterocycles. The Balaban J connectivity index is 1.66. The highest BCUT2D eigenvalue weighted by atomic mass is 32.2. The molecule has 0 bridgehead atoms. The van der Waals surface area contributed by atoms with Gasteiger partial charge in [0.15, 0.2) is 0 Å². The number of carbonyl (C=O) groups excluding carboxylic acids is 1. The fraction of sp³-hybridized carbons (Fsp3) is 0.588. The summed E-state index contributed by atoms with van der Waals surface area (Å²) in [5, 5.41) is 3.25. The first-order valence-electron chi connectivity index (χ1n) is 8.74. The van der Waals surface area contributed by atoms with E-state index in [0.717, 1.165) is 38.1 Å².